The molecule has 0 aliphatic carbocycles. The second kappa shape index (κ2) is 17.2. The molecule has 0 nitrogen and oxygen atoms in total. The number of hydrogen-bond donors (Lipinski definition) is 0. The Morgan fingerprint density at radius 1 is 0.149 bits per heavy atom. The number of benzene rings is 12. The van der Waals surface area contributed by atoms with E-state index in [0.717, 1.165) is 0 Å². The fourth-order valence-electron chi connectivity index (χ4n) is 14.6. The van der Waals surface area contributed by atoms with Gasteiger partial charge in [-0.2, -0.15) is 0 Å². The van der Waals surface area contributed by atoms with Gasteiger partial charge in [0, 0.05) is 0 Å². The summed E-state index contributed by atoms with van der Waals surface area (Å²) in [4.78, 5) is 0. The van der Waals surface area contributed by atoms with Crippen LogP contribution >= 0.6 is 0 Å². The van der Waals surface area contributed by atoms with E-state index in [4.69, 9.17) is 0 Å². The Labute approximate surface area is 453 Å². The van der Waals surface area contributed by atoms with Crippen molar-refractivity contribution in [2.24, 2.45) is 0 Å². The third-order valence-electron chi connectivity index (χ3n) is 19.6. The number of hydrogen-bond acceptors (Lipinski definition) is 0. The first kappa shape index (κ1) is 48.8. The van der Waals surface area contributed by atoms with Gasteiger partial charge in [-0.05, 0) is 151 Å². The minimum Gasteiger partial charge on any atom is -0.100 e. The van der Waals surface area contributed by atoms with E-state index in [0.29, 0.717) is 0 Å². The van der Waals surface area contributed by atoms with Gasteiger partial charge in [0.1, 0.15) is 141 Å². The van der Waals surface area contributed by atoms with Crippen molar-refractivity contribution in [3.63, 3.8) is 0 Å². The molecule has 0 aliphatic heterocycles. The van der Waals surface area contributed by atoms with Crippen LogP contribution in [0.25, 0.3) is 120 Å². The van der Waals surface area contributed by atoms with Crippen LogP contribution in [0.15, 0.2) is 97.1 Å². The van der Waals surface area contributed by atoms with Crippen LogP contribution in [0.1, 0.15) is 0 Å². The molecule has 0 aromatic heterocycles. The highest BCUT2D eigenvalue weighted by molar-refractivity contribution is 6.77. The third-order valence-corrected chi connectivity index (χ3v) is 19.6. The van der Waals surface area contributed by atoms with Gasteiger partial charge in [-0.25, -0.2) is 0 Å². The Bertz CT molecular complexity index is 4200. The molecule has 0 N–H and O–H groups in total. The molecule has 0 bridgehead atoms. The molecule has 0 aliphatic rings. The van der Waals surface area contributed by atoms with Crippen molar-refractivity contribution in [1.82, 2.24) is 0 Å². The fraction of sp³-hybridized carbons (Fsp3) is 0. The summed E-state index contributed by atoms with van der Waals surface area (Å²) < 4.78 is 0. The molecular formula is C56H52B18. The van der Waals surface area contributed by atoms with Crippen LogP contribution in [0.3, 0.4) is 0 Å². The molecule has 0 amide bonds. The molecule has 12 aromatic rings. The highest BCUT2D eigenvalue weighted by Gasteiger charge is 2.28. The normalized spacial score (nSPS) is 11.9. The van der Waals surface area contributed by atoms with Gasteiger partial charge in [0.2, 0.25) is 0 Å². The van der Waals surface area contributed by atoms with E-state index in [1.807, 2.05) is 0 Å². The largest absolute Gasteiger partial charge is 0.139 e. The molecule has 12 rings (SSSR count). The monoisotopic (exact) mass is 923 g/mol. The molecule has 0 unspecified atom stereocenters. The summed E-state index contributed by atoms with van der Waals surface area (Å²) >= 11 is 0. The summed E-state index contributed by atoms with van der Waals surface area (Å²) in [5.74, 6) is 0. The lowest BCUT2D eigenvalue weighted by atomic mass is 9.58. The second-order valence-electron chi connectivity index (χ2n) is 22.8. The van der Waals surface area contributed by atoms with Crippen LogP contribution in [-0.4, -0.2) is 141 Å². The second-order valence-corrected chi connectivity index (χ2v) is 22.8. The standard InChI is InChI=1S/C56H52B18/c57-39-25(31-27-29-35(45(63)41(31)59)51(69)55(73)53(71)37(29)49(67)47(65)33(27)43(39)61)20-10-4-8-18(12-20)23-14-22(17-6-2-1-3-7-17)15-24(16-23)19-9-5-11-21(13-19)26-32-28-30-36(46(64)42(32)60)52(70)56(74)54(72)38(30)50(68)48(66)34(28)44(62)40(26)58/h1-16H,57-74H2. The van der Waals surface area contributed by atoms with Crippen molar-refractivity contribution in [2.75, 3.05) is 0 Å². The average Bonchev–Trinajstić information content (AvgIpc) is 3.41. The van der Waals surface area contributed by atoms with Gasteiger partial charge in [-0.1, -0.05) is 154 Å². The van der Waals surface area contributed by atoms with Crippen molar-refractivity contribution >= 4 is 304 Å². The van der Waals surface area contributed by atoms with E-state index in [1.54, 1.807) is 0 Å². The predicted octanol–water partition coefficient (Wildman–Crippen LogP) is -15.5. The Balaban J connectivity index is 1.09. The van der Waals surface area contributed by atoms with Gasteiger partial charge in [-0.15, -0.1) is 10.9 Å². The molecule has 12 aromatic carbocycles. The third kappa shape index (κ3) is 6.54. The molecule has 0 fully saturated rings. The van der Waals surface area contributed by atoms with Gasteiger partial charge in [0.25, 0.3) is 0 Å². The van der Waals surface area contributed by atoms with Crippen LogP contribution in [-0.2, 0) is 0 Å². The summed E-state index contributed by atoms with van der Waals surface area (Å²) in [5.41, 5.74) is 37.8. The first-order valence-corrected chi connectivity index (χ1v) is 27.0. The predicted molar refractivity (Wildman–Crippen MR) is 388 cm³/mol. The smallest absolute Gasteiger partial charge is 0.100 e. The maximum Gasteiger partial charge on any atom is 0.139 e. The van der Waals surface area contributed by atoms with Gasteiger partial charge >= 0.3 is 0 Å². The van der Waals surface area contributed by atoms with E-state index in [-0.39, 0.29) is 0 Å². The number of rotatable bonds is 5. The van der Waals surface area contributed by atoms with Crippen LogP contribution in [0.4, 0.5) is 0 Å². The first-order chi connectivity index (χ1) is 35.3. The lowest BCUT2D eigenvalue weighted by Gasteiger charge is -2.29. The molecule has 0 saturated heterocycles. The van der Waals surface area contributed by atoms with E-state index in [1.165, 1.54) is 219 Å². The molecule has 18 heteroatoms. The van der Waals surface area contributed by atoms with E-state index in [9.17, 15) is 0 Å². The molecule has 74 heavy (non-hydrogen) atoms. The zero-order valence-corrected chi connectivity index (χ0v) is 47.2. The Morgan fingerprint density at radius 2 is 0.365 bits per heavy atom. The molecule has 0 atom stereocenters. The Morgan fingerprint density at radius 3 is 0.689 bits per heavy atom. The van der Waals surface area contributed by atoms with E-state index >= 15 is 0 Å². The quantitative estimate of drug-likeness (QED) is 0.119. The van der Waals surface area contributed by atoms with Crippen molar-refractivity contribution in [3.05, 3.63) is 97.1 Å². The highest BCUT2D eigenvalue weighted by Crippen LogP contribution is 2.40. The zero-order chi connectivity index (χ0) is 52.4. The minimum atomic E-state index is 1.22. The molecular weight excluding hydrogens is 867 g/mol. The fourth-order valence-corrected chi connectivity index (χ4v) is 14.6. The molecule has 330 valence electrons. The summed E-state index contributed by atoms with van der Waals surface area (Å²) in [6.45, 7) is 0. The van der Waals surface area contributed by atoms with Crippen molar-refractivity contribution < 1.29 is 0 Å². The topological polar surface area (TPSA) is 0 Å². The molecule has 0 spiro atoms. The first-order valence-electron chi connectivity index (χ1n) is 27.0. The molecule has 0 heterocycles. The van der Waals surface area contributed by atoms with Gasteiger partial charge in [0.05, 0.1) is 0 Å². The van der Waals surface area contributed by atoms with Crippen LogP contribution in [0, 0.1) is 0 Å². The maximum atomic E-state index is 2.48. The zero-order valence-electron chi connectivity index (χ0n) is 47.2. The van der Waals surface area contributed by atoms with Crippen molar-refractivity contribution in [2.45, 2.75) is 0 Å². The highest BCUT2D eigenvalue weighted by atomic mass is 14.3. The van der Waals surface area contributed by atoms with Crippen molar-refractivity contribution in [3.8, 4) is 55.6 Å². The summed E-state index contributed by atoms with van der Waals surface area (Å²) in [6.07, 6.45) is 0. The van der Waals surface area contributed by atoms with Crippen LogP contribution in [0.2, 0.25) is 0 Å². The van der Waals surface area contributed by atoms with Gasteiger partial charge < -0.3 is 0 Å². The lowest BCUT2D eigenvalue weighted by Crippen LogP contribution is -2.48. The van der Waals surface area contributed by atoms with E-state index < -0.39 is 0 Å². The SMILES string of the molecule is Bc1c(B)c2c(B)c(B)c3c(B)c(B)c(-c4cccc(-c5cc(-c6ccccc6)cc(-c6cccc(-c7c(B)c(B)c8c(B)c(B)c9c(B)c(B)c(B)c%10c(B)c(B)c7c8c9%10)c6)c5)c4)c4c(B)c(B)c(c1B)c2c34. The Hall–Kier alpha value is -6.11. The van der Waals surface area contributed by atoms with Crippen LogP contribution < -0.4 is 98.3 Å². The van der Waals surface area contributed by atoms with Gasteiger partial charge in [-0.3, -0.25) is 0 Å². The molecule has 0 radical (unpaired) electrons. The lowest BCUT2D eigenvalue weighted by molar-refractivity contribution is 1.56. The summed E-state index contributed by atoms with van der Waals surface area (Å²) in [5, 5.41) is 17.2. The van der Waals surface area contributed by atoms with Crippen LogP contribution in [0.5, 0.6) is 0 Å². The van der Waals surface area contributed by atoms with Gasteiger partial charge in [0.15, 0.2) is 0 Å². The summed E-state index contributed by atoms with van der Waals surface area (Å²) in [7, 11) is 42.5. The van der Waals surface area contributed by atoms with Crippen molar-refractivity contribution in [1.29, 1.82) is 0 Å². The minimum absolute atomic E-state index is 1.22. The van der Waals surface area contributed by atoms with E-state index in [2.05, 4.69) is 238 Å². The average molecular weight is 920 g/mol. The summed E-state index contributed by atoms with van der Waals surface area (Å²) in [6, 6.07) is 37.1. The Kier molecular flexibility index (Phi) is 11.4. The maximum absolute atomic E-state index is 2.48. The molecule has 0 saturated carbocycles.